The molecule has 1 aromatic heterocycles. The first-order valence-corrected chi connectivity index (χ1v) is 4.90. The van der Waals surface area contributed by atoms with E-state index in [0.717, 1.165) is 24.1 Å². The lowest BCUT2D eigenvalue weighted by Crippen LogP contribution is -2.24. The molecule has 1 rings (SSSR count). The Bertz CT molecular complexity index is 310. The molecule has 0 bridgehead atoms. The Labute approximate surface area is 84.6 Å². The first kappa shape index (κ1) is 10.9. The average molecular weight is 192 g/mol. The molecule has 3 nitrogen and oxygen atoms in total. The van der Waals surface area contributed by atoms with E-state index < -0.39 is 0 Å². The van der Waals surface area contributed by atoms with E-state index in [4.69, 9.17) is 0 Å². The number of Topliss-reactive ketones (excluding diaryl/α,β-unsaturated/α-hetero) is 1. The zero-order chi connectivity index (χ0) is 10.4. The van der Waals surface area contributed by atoms with Gasteiger partial charge < -0.3 is 5.32 Å². The van der Waals surface area contributed by atoms with Crippen LogP contribution in [-0.2, 0) is 0 Å². The minimum absolute atomic E-state index is 0.115. The van der Waals surface area contributed by atoms with Gasteiger partial charge in [-0.15, -0.1) is 0 Å². The molecule has 0 spiro atoms. The van der Waals surface area contributed by atoms with Gasteiger partial charge in [-0.05, 0) is 31.5 Å². The van der Waals surface area contributed by atoms with Crippen molar-refractivity contribution >= 4 is 5.78 Å². The molecule has 0 aromatic carbocycles. The van der Waals surface area contributed by atoms with Gasteiger partial charge in [0.25, 0.3) is 0 Å². The third kappa shape index (κ3) is 2.92. The maximum atomic E-state index is 11.6. The highest BCUT2D eigenvalue weighted by molar-refractivity contribution is 5.98. The molecule has 0 aliphatic heterocycles. The van der Waals surface area contributed by atoms with E-state index in [-0.39, 0.29) is 5.78 Å². The molecule has 1 aromatic rings. The minimum atomic E-state index is 0.115. The number of rotatable bonds is 5. The van der Waals surface area contributed by atoms with Crippen LogP contribution in [0.25, 0.3) is 0 Å². The second-order valence-corrected chi connectivity index (χ2v) is 3.29. The highest BCUT2D eigenvalue weighted by Gasteiger charge is 2.07. The van der Waals surface area contributed by atoms with E-state index in [1.54, 1.807) is 12.4 Å². The molecule has 0 fully saturated rings. The molecule has 0 saturated carbocycles. The summed E-state index contributed by atoms with van der Waals surface area (Å²) in [5, 5.41) is 3.08. The van der Waals surface area contributed by atoms with Crippen LogP contribution in [0.5, 0.6) is 0 Å². The molecule has 0 aliphatic rings. The quantitative estimate of drug-likeness (QED) is 0.569. The summed E-state index contributed by atoms with van der Waals surface area (Å²) >= 11 is 0. The fourth-order valence-corrected chi connectivity index (χ4v) is 1.23. The zero-order valence-corrected chi connectivity index (χ0v) is 8.71. The van der Waals surface area contributed by atoms with Crippen LogP contribution in [0.4, 0.5) is 0 Å². The third-order valence-electron chi connectivity index (χ3n) is 2.05. The van der Waals surface area contributed by atoms with Gasteiger partial charge in [-0.3, -0.25) is 9.78 Å². The molecule has 14 heavy (non-hydrogen) atoms. The zero-order valence-electron chi connectivity index (χ0n) is 8.71. The summed E-state index contributed by atoms with van der Waals surface area (Å²) < 4.78 is 0. The lowest BCUT2D eigenvalue weighted by molar-refractivity contribution is 0.0990. The summed E-state index contributed by atoms with van der Waals surface area (Å²) in [6.07, 6.45) is 4.37. The van der Waals surface area contributed by atoms with Crippen molar-refractivity contribution in [3.8, 4) is 0 Å². The number of hydrogen-bond acceptors (Lipinski definition) is 3. The molecule has 0 amide bonds. The average Bonchev–Trinajstić information content (AvgIpc) is 2.18. The lowest BCUT2D eigenvalue weighted by Gasteiger charge is -2.04. The van der Waals surface area contributed by atoms with Gasteiger partial charge in [-0.2, -0.15) is 0 Å². The van der Waals surface area contributed by atoms with Gasteiger partial charge in [0.2, 0.25) is 0 Å². The lowest BCUT2D eigenvalue weighted by atomic mass is 10.1. The summed E-state index contributed by atoms with van der Waals surface area (Å²) in [7, 11) is 0. The summed E-state index contributed by atoms with van der Waals surface area (Å²) in [5.74, 6) is 0.115. The molecule has 1 heterocycles. The number of nitrogens with zero attached hydrogens (tertiary/aromatic N) is 1. The molecule has 0 aliphatic carbocycles. The van der Waals surface area contributed by atoms with Crippen molar-refractivity contribution in [3.63, 3.8) is 0 Å². The summed E-state index contributed by atoms with van der Waals surface area (Å²) in [6.45, 7) is 5.28. The van der Waals surface area contributed by atoms with Crippen LogP contribution < -0.4 is 5.32 Å². The number of hydrogen-bond donors (Lipinski definition) is 1. The van der Waals surface area contributed by atoms with Crippen LogP contribution in [0.1, 0.15) is 29.3 Å². The van der Waals surface area contributed by atoms with E-state index in [1.807, 2.05) is 13.0 Å². The summed E-state index contributed by atoms with van der Waals surface area (Å²) in [6, 6.07) is 1.85. The van der Waals surface area contributed by atoms with Crippen LogP contribution in [-0.4, -0.2) is 23.9 Å². The van der Waals surface area contributed by atoms with E-state index in [9.17, 15) is 4.79 Å². The number of aryl methyl sites for hydroxylation is 1. The SMILES string of the molecule is CCCNCC(=O)c1cnccc1C. The second kappa shape index (κ2) is 5.50. The molecule has 1 N–H and O–H groups in total. The fraction of sp³-hybridized carbons (Fsp3) is 0.455. The molecule has 76 valence electrons. The molecule has 0 radical (unpaired) electrons. The van der Waals surface area contributed by atoms with Gasteiger partial charge in [-0.1, -0.05) is 6.92 Å². The van der Waals surface area contributed by atoms with Crippen molar-refractivity contribution in [3.05, 3.63) is 29.6 Å². The van der Waals surface area contributed by atoms with E-state index in [2.05, 4.69) is 17.2 Å². The Morgan fingerprint density at radius 2 is 2.36 bits per heavy atom. The molecule has 0 saturated heterocycles. The topological polar surface area (TPSA) is 42.0 Å². The normalized spacial score (nSPS) is 10.1. The summed E-state index contributed by atoms with van der Waals surface area (Å²) in [4.78, 5) is 15.6. The van der Waals surface area contributed by atoms with Gasteiger partial charge in [0.1, 0.15) is 0 Å². The number of pyridine rings is 1. The number of aromatic nitrogens is 1. The third-order valence-corrected chi connectivity index (χ3v) is 2.05. The van der Waals surface area contributed by atoms with Crippen molar-refractivity contribution in [1.82, 2.24) is 10.3 Å². The molecular formula is C11H16N2O. The van der Waals surface area contributed by atoms with Crippen molar-refractivity contribution in [2.45, 2.75) is 20.3 Å². The Morgan fingerprint density at radius 3 is 3.00 bits per heavy atom. The predicted octanol–water partition coefficient (Wildman–Crippen LogP) is 1.57. The van der Waals surface area contributed by atoms with E-state index >= 15 is 0 Å². The Hall–Kier alpha value is -1.22. The maximum Gasteiger partial charge on any atom is 0.178 e. The monoisotopic (exact) mass is 192 g/mol. The van der Waals surface area contributed by atoms with Crippen molar-refractivity contribution in [1.29, 1.82) is 0 Å². The molecule has 3 heteroatoms. The van der Waals surface area contributed by atoms with Crippen LogP contribution in [0.2, 0.25) is 0 Å². The largest absolute Gasteiger partial charge is 0.310 e. The van der Waals surface area contributed by atoms with Gasteiger partial charge >= 0.3 is 0 Å². The Kier molecular flexibility index (Phi) is 4.26. The minimum Gasteiger partial charge on any atom is -0.310 e. The summed E-state index contributed by atoms with van der Waals surface area (Å²) in [5.41, 5.74) is 1.71. The van der Waals surface area contributed by atoms with Crippen LogP contribution in [0.3, 0.4) is 0 Å². The smallest absolute Gasteiger partial charge is 0.178 e. The molecular weight excluding hydrogens is 176 g/mol. The fourth-order valence-electron chi connectivity index (χ4n) is 1.23. The number of ketones is 1. The Morgan fingerprint density at radius 1 is 1.57 bits per heavy atom. The van der Waals surface area contributed by atoms with Gasteiger partial charge in [0.15, 0.2) is 5.78 Å². The van der Waals surface area contributed by atoms with Crippen molar-refractivity contribution in [2.24, 2.45) is 0 Å². The van der Waals surface area contributed by atoms with Crippen molar-refractivity contribution in [2.75, 3.05) is 13.1 Å². The second-order valence-electron chi connectivity index (χ2n) is 3.29. The van der Waals surface area contributed by atoms with E-state index in [0.29, 0.717) is 6.54 Å². The molecule has 0 atom stereocenters. The van der Waals surface area contributed by atoms with Gasteiger partial charge in [-0.25, -0.2) is 0 Å². The van der Waals surface area contributed by atoms with E-state index in [1.165, 1.54) is 0 Å². The van der Waals surface area contributed by atoms with Gasteiger partial charge in [0, 0.05) is 18.0 Å². The van der Waals surface area contributed by atoms with Crippen molar-refractivity contribution < 1.29 is 4.79 Å². The van der Waals surface area contributed by atoms with Crippen LogP contribution in [0.15, 0.2) is 18.5 Å². The first-order chi connectivity index (χ1) is 6.75. The van der Waals surface area contributed by atoms with Gasteiger partial charge in [0.05, 0.1) is 6.54 Å². The Balaban J connectivity index is 2.56. The number of carbonyl (C=O) groups excluding carboxylic acids is 1. The first-order valence-electron chi connectivity index (χ1n) is 4.90. The standard InChI is InChI=1S/C11H16N2O/c1-3-5-12-8-11(14)10-7-13-6-4-9(10)2/h4,6-7,12H,3,5,8H2,1-2H3. The van der Waals surface area contributed by atoms with Crippen LogP contribution >= 0.6 is 0 Å². The highest BCUT2D eigenvalue weighted by atomic mass is 16.1. The van der Waals surface area contributed by atoms with Crippen LogP contribution in [0, 0.1) is 6.92 Å². The number of carbonyl (C=O) groups is 1. The maximum absolute atomic E-state index is 11.6. The predicted molar refractivity (Wildman–Crippen MR) is 56.5 cm³/mol. The number of nitrogens with one attached hydrogen (secondary N) is 1. The highest BCUT2D eigenvalue weighted by Crippen LogP contribution is 2.04. The molecule has 0 unspecified atom stereocenters.